The van der Waals surface area contributed by atoms with Crippen molar-refractivity contribution in [1.82, 2.24) is 0 Å². The Balaban J connectivity index is 1.03. The number of fused-ring (bicyclic) bond motifs is 1. The maximum absolute atomic E-state index is 4.58. The lowest BCUT2D eigenvalue weighted by atomic mass is 10.1. The zero-order valence-corrected chi connectivity index (χ0v) is 31.7. The van der Waals surface area contributed by atoms with E-state index >= 15 is 0 Å². The number of pyridine rings is 1. The van der Waals surface area contributed by atoms with Crippen LogP contribution in [0.4, 0.5) is 34.1 Å². The topological polar surface area (TPSA) is 76.4 Å². The lowest BCUT2D eigenvalue weighted by Gasteiger charge is -2.20. The van der Waals surface area contributed by atoms with E-state index in [2.05, 4.69) is 135 Å². The average Bonchev–Trinajstić information content (AvgIpc) is 3.17. The van der Waals surface area contributed by atoms with Crippen molar-refractivity contribution in [2.24, 2.45) is 20.5 Å². The number of azo groups is 2. The van der Waals surface area contributed by atoms with Gasteiger partial charge in [0.1, 0.15) is 17.9 Å². The van der Waals surface area contributed by atoms with Gasteiger partial charge in [-0.3, -0.25) is 0 Å². The van der Waals surface area contributed by atoms with Gasteiger partial charge in [0.15, 0.2) is 6.20 Å². The number of aromatic nitrogens is 1. The Morgan fingerprint density at radius 1 is 0.745 bits per heavy atom. The van der Waals surface area contributed by atoms with Crippen LogP contribution in [-0.4, -0.2) is 45.2 Å². The summed E-state index contributed by atoms with van der Waals surface area (Å²) < 4.78 is 2.22. The molecule has 0 saturated carbocycles. The van der Waals surface area contributed by atoms with Crippen LogP contribution in [0.1, 0.15) is 19.4 Å². The molecule has 1 aromatic heterocycles. The molecule has 0 aliphatic heterocycles. The number of quaternary nitrogens is 1. The fraction of sp³-hybridized carbons (Fsp3) is 0.244. The summed E-state index contributed by atoms with van der Waals surface area (Å²) in [6.45, 7) is 11.9. The molecule has 0 spiro atoms. The van der Waals surface area contributed by atoms with Gasteiger partial charge in [0.2, 0.25) is 5.52 Å². The Labute approximate surface area is 310 Å². The first-order valence-electron chi connectivity index (χ1n) is 17.4. The molecule has 0 radical (unpaired) electrons. The van der Waals surface area contributed by atoms with Crippen molar-refractivity contribution < 1.29 is 9.88 Å². The highest BCUT2D eigenvalue weighted by Gasteiger charge is 2.11. The Hall–Kier alpha value is -4.77. The van der Waals surface area contributed by atoms with Gasteiger partial charge in [-0.15, -0.1) is 10.2 Å². The van der Waals surface area contributed by atoms with E-state index in [-0.39, 0.29) is 0 Å². The van der Waals surface area contributed by atoms with Gasteiger partial charge in [0.05, 0.1) is 34.6 Å². The van der Waals surface area contributed by atoms with Crippen LogP contribution in [0.3, 0.4) is 0 Å². The second-order valence-electron chi connectivity index (χ2n) is 11.9. The number of hydrogen-bond donors (Lipinski definition) is 1. The minimum atomic E-state index is 0.797. The first-order chi connectivity index (χ1) is 25.0. The molecular weight excluding hydrogens is 669 g/mol. The fourth-order valence-corrected chi connectivity index (χ4v) is 7.63. The number of anilines is 2. The van der Waals surface area contributed by atoms with Gasteiger partial charge in [0, 0.05) is 62.2 Å². The summed E-state index contributed by atoms with van der Waals surface area (Å²) in [4.78, 5) is 4.56. The number of nitrogens with two attached hydrogens (primary N) is 1. The number of rotatable bonds is 18. The first kappa shape index (κ1) is 37.5. The van der Waals surface area contributed by atoms with Crippen LogP contribution in [0, 0.1) is 0 Å². The SMILES string of the molecule is C=CC=C(N=Nc1ccc(N(C)CCSSCCN(C)c2ccc(N=Nc3cc[n+](CC)c4ccccc34)cc2)cc1)c1ccccc1[NH2+]CC. The molecule has 8 nitrogen and oxygen atoms in total. The van der Waals surface area contributed by atoms with E-state index in [9.17, 15) is 0 Å². The van der Waals surface area contributed by atoms with Crippen molar-refractivity contribution in [3.8, 4) is 0 Å². The van der Waals surface area contributed by atoms with Crippen molar-refractivity contribution in [3.63, 3.8) is 0 Å². The maximum atomic E-state index is 4.58. The number of allylic oxidation sites excluding steroid dienone is 2. The van der Waals surface area contributed by atoms with Gasteiger partial charge in [-0.25, -0.2) is 0 Å². The Bertz CT molecular complexity index is 1960. The smallest absolute Gasteiger partial charge is 0.214 e. The van der Waals surface area contributed by atoms with Gasteiger partial charge in [-0.1, -0.05) is 58.5 Å². The summed E-state index contributed by atoms with van der Waals surface area (Å²) in [7, 11) is 8.10. The van der Waals surface area contributed by atoms with E-state index in [1.54, 1.807) is 6.08 Å². The third-order valence-electron chi connectivity index (χ3n) is 8.41. The third kappa shape index (κ3) is 10.6. The number of aryl methyl sites for hydroxylation is 1. The predicted molar refractivity (Wildman–Crippen MR) is 220 cm³/mol. The molecule has 10 heteroatoms. The highest BCUT2D eigenvalue weighted by molar-refractivity contribution is 8.76. The van der Waals surface area contributed by atoms with Crippen LogP contribution >= 0.6 is 21.6 Å². The van der Waals surface area contributed by atoms with E-state index in [0.29, 0.717) is 0 Å². The highest BCUT2D eigenvalue weighted by atomic mass is 33.1. The van der Waals surface area contributed by atoms with Crippen molar-refractivity contribution >= 4 is 72.3 Å². The lowest BCUT2D eigenvalue weighted by molar-refractivity contribution is -0.667. The summed E-state index contributed by atoms with van der Waals surface area (Å²) >= 11 is 0. The summed E-state index contributed by atoms with van der Waals surface area (Å²) in [5.41, 5.74) is 9.03. The summed E-state index contributed by atoms with van der Waals surface area (Å²) in [6.07, 6.45) is 5.73. The predicted octanol–water partition coefficient (Wildman–Crippen LogP) is 10.0. The summed E-state index contributed by atoms with van der Waals surface area (Å²) in [5, 5.41) is 21.5. The van der Waals surface area contributed by atoms with Crippen LogP contribution in [-0.2, 0) is 6.54 Å². The van der Waals surface area contributed by atoms with E-state index in [1.165, 1.54) is 5.69 Å². The molecular formula is C41H48N8S2+2. The van der Waals surface area contributed by atoms with E-state index < -0.39 is 0 Å². The van der Waals surface area contributed by atoms with Crippen molar-refractivity contribution in [2.75, 3.05) is 55.0 Å². The zero-order valence-electron chi connectivity index (χ0n) is 30.0. The molecule has 0 aliphatic carbocycles. The second kappa shape index (κ2) is 19.6. The zero-order chi connectivity index (χ0) is 35.8. The molecule has 0 saturated heterocycles. The van der Waals surface area contributed by atoms with Crippen molar-refractivity contribution in [1.29, 1.82) is 0 Å². The Kier molecular flexibility index (Phi) is 14.4. The minimum Gasteiger partial charge on any atom is -0.374 e. The largest absolute Gasteiger partial charge is 0.374 e. The molecule has 262 valence electrons. The Morgan fingerprint density at radius 2 is 1.35 bits per heavy atom. The lowest BCUT2D eigenvalue weighted by Crippen LogP contribution is -2.77. The fourth-order valence-electron chi connectivity index (χ4n) is 5.55. The first-order valence-corrected chi connectivity index (χ1v) is 19.9. The standard InChI is InChI=1S/C41H47N8S2/c1-6-13-39(36-14-9-11-16-38(36)42-7-2)45-43-32-18-22-34(23-19-32)47(4)28-30-50-51-31-29-48(5)35-24-20-33(21-25-35)44-46-40-26-27-49(8-3)41-17-12-10-15-37(40)41/h6,9-27,42H,1,7-8,28-31H2,2-5H3/q+1/p+1. The van der Waals surface area contributed by atoms with Crippen molar-refractivity contribution in [2.45, 2.75) is 20.4 Å². The molecule has 0 aliphatic rings. The molecule has 5 rings (SSSR count). The highest BCUT2D eigenvalue weighted by Crippen LogP contribution is 2.29. The molecule has 0 unspecified atom stereocenters. The number of hydrogen-bond acceptors (Lipinski definition) is 8. The molecule has 51 heavy (non-hydrogen) atoms. The van der Waals surface area contributed by atoms with Gasteiger partial charge in [-0.2, -0.15) is 14.8 Å². The van der Waals surface area contributed by atoms with Crippen LogP contribution in [0.25, 0.3) is 16.6 Å². The molecule has 0 amide bonds. The molecule has 1 heterocycles. The molecule has 5 aromatic rings. The number of para-hydroxylation sites is 2. The quantitative estimate of drug-likeness (QED) is 0.0245. The van der Waals surface area contributed by atoms with Crippen LogP contribution in [0.2, 0.25) is 0 Å². The van der Waals surface area contributed by atoms with Crippen LogP contribution in [0.15, 0.2) is 149 Å². The molecule has 2 N–H and O–H groups in total. The monoisotopic (exact) mass is 716 g/mol. The second-order valence-corrected chi connectivity index (χ2v) is 14.6. The minimum absolute atomic E-state index is 0.797. The van der Waals surface area contributed by atoms with Crippen LogP contribution in [0.5, 0.6) is 0 Å². The molecule has 0 bridgehead atoms. The van der Waals surface area contributed by atoms with E-state index in [0.717, 1.165) is 88.3 Å². The van der Waals surface area contributed by atoms with Gasteiger partial charge in [-0.05, 0) is 86.7 Å². The van der Waals surface area contributed by atoms with Crippen LogP contribution < -0.4 is 19.7 Å². The average molecular weight is 717 g/mol. The number of benzene rings is 4. The Morgan fingerprint density at radius 3 is 1.98 bits per heavy atom. The van der Waals surface area contributed by atoms with E-state index in [4.69, 9.17) is 0 Å². The van der Waals surface area contributed by atoms with Crippen molar-refractivity contribution in [3.05, 3.63) is 134 Å². The third-order valence-corrected chi connectivity index (χ3v) is 10.8. The van der Waals surface area contributed by atoms with Gasteiger partial charge in [0.25, 0.3) is 0 Å². The molecule has 0 fully saturated rings. The maximum Gasteiger partial charge on any atom is 0.214 e. The summed E-state index contributed by atoms with van der Waals surface area (Å²) in [5.74, 6) is 2.07. The number of nitrogens with zero attached hydrogens (tertiary/aromatic N) is 7. The molecule has 0 atom stereocenters. The van der Waals surface area contributed by atoms with E-state index in [1.807, 2.05) is 76.2 Å². The normalized spacial score (nSPS) is 11.9. The summed E-state index contributed by atoms with van der Waals surface area (Å²) in [6, 6.07) is 35.2. The van der Waals surface area contributed by atoms with Gasteiger partial charge >= 0.3 is 0 Å². The van der Waals surface area contributed by atoms with Gasteiger partial charge < -0.3 is 15.1 Å². The molecule has 4 aromatic carbocycles.